The van der Waals surface area contributed by atoms with Gasteiger partial charge in [-0.05, 0) is 36.8 Å². The first kappa shape index (κ1) is 20.3. The molecular weight excluding hydrogens is 394 g/mol. The van der Waals surface area contributed by atoms with Gasteiger partial charge in [0.2, 0.25) is 0 Å². The number of fused-ring (bicyclic) bond motifs is 1. The number of aryl methyl sites for hydroxylation is 1. The molecule has 1 amide bonds. The van der Waals surface area contributed by atoms with Crippen molar-refractivity contribution in [3.05, 3.63) is 98.3 Å². The summed E-state index contributed by atoms with van der Waals surface area (Å²) in [5, 5.41) is 4.55. The molecule has 4 rings (SSSR count). The van der Waals surface area contributed by atoms with Gasteiger partial charge in [0, 0.05) is 25.4 Å². The number of hydrogen-bond donors (Lipinski definition) is 1. The third-order valence-corrected chi connectivity index (χ3v) is 5.17. The fourth-order valence-corrected chi connectivity index (χ4v) is 3.61. The monoisotopic (exact) mass is 417 g/mol. The minimum Gasteiger partial charge on any atom is -0.336 e. The van der Waals surface area contributed by atoms with E-state index in [2.05, 4.69) is 10.1 Å². The van der Waals surface area contributed by atoms with Crippen LogP contribution in [0.5, 0.6) is 0 Å². The molecule has 2 aromatic carbocycles. The highest BCUT2D eigenvalue weighted by Crippen LogP contribution is 2.14. The summed E-state index contributed by atoms with van der Waals surface area (Å²) >= 11 is 0. The van der Waals surface area contributed by atoms with Crippen LogP contribution in [0.1, 0.15) is 28.5 Å². The zero-order chi connectivity index (χ0) is 22.0. The molecule has 0 fully saturated rings. The summed E-state index contributed by atoms with van der Waals surface area (Å²) in [6.07, 6.45) is 1.89. The van der Waals surface area contributed by atoms with E-state index < -0.39 is 11.1 Å². The van der Waals surface area contributed by atoms with Crippen molar-refractivity contribution in [3.8, 4) is 0 Å². The van der Waals surface area contributed by atoms with Crippen LogP contribution < -0.4 is 11.1 Å². The molecule has 0 radical (unpaired) electrons. The summed E-state index contributed by atoms with van der Waals surface area (Å²) in [5.41, 5.74) is 2.10. The number of hydrogen-bond acceptors (Lipinski definition) is 4. The molecule has 0 atom stereocenters. The molecule has 0 spiro atoms. The Labute approximate surface area is 178 Å². The van der Waals surface area contributed by atoms with E-state index in [0.717, 1.165) is 11.3 Å². The highest BCUT2D eigenvalue weighted by molar-refractivity contribution is 5.97. The minimum atomic E-state index is -0.698. The van der Waals surface area contributed by atoms with Crippen LogP contribution in [-0.4, -0.2) is 37.2 Å². The highest BCUT2D eigenvalue weighted by Gasteiger charge is 2.15. The summed E-state index contributed by atoms with van der Waals surface area (Å²) in [6.45, 7) is 3.18. The second kappa shape index (κ2) is 8.43. The maximum absolute atomic E-state index is 12.9. The van der Waals surface area contributed by atoms with Crippen molar-refractivity contribution in [1.82, 2.24) is 24.2 Å². The zero-order valence-electron chi connectivity index (χ0n) is 17.4. The SMILES string of the molecule is CCn1c(=O)c(=O)[nH]c2cc(C(=O)N(C)Cc3ccn(Cc4ccccc4)n3)ccc21. The first-order valence-corrected chi connectivity index (χ1v) is 10.0. The third kappa shape index (κ3) is 4.18. The van der Waals surface area contributed by atoms with Crippen LogP contribution in [0, 0.1) is 0 Å². The van der Waals surface area contributed by atoms with Gasteiger partial charge < -0.3 is 14.5 Å². The molecule has 8 nitrogen and oxygen atoms in total. The van der Waals surface area contributed by atoms with Gasteiger partial charge in [-0.3, -0.25) is 19.1 Å². The van der Waals surface area contributed by atoms with E-state index in [4.69, 9.17) is 0 Å². The van der Waals surface area contributed by atoms with Crippen LogP contribution in [-0.2, 0) is 19.6 Å². The summed E-state index contributed by atoms with van der Waals surface area (Å²) in [5.74, 6) is -0.199. The smallest absolute Gasteiger partial charge is 0.316 e. The summed E-state index contributed by atoms with van der Waals surface area (Å²) in [4.78, 5) is 41.0. The standard InChI is InChI=1S/C23H23N5O3/c1-3-28-20-10-9-17(13-19(20)24-21(29)23(28)31)22(30)26(2)15-18-11-12-27(25-18)14-16-7-5-4-6-8-16/h4-13H,3,14-15H2,1-2H3,(H,24,29). The van der Waals surface area contributed by atoms with Crippen molar-refractivity contribution < 1.29 is 4.79 Å². The van der Waals surface area contributed by atoms with Crippen molar-refractivity contribution in [2.75, 3.05) is 7.05 Å². The van der Waals surface area contributed by atoms with Gasteiger partial charge in [0.1, 0.15) is 0 Å². The third-order valence-electron chi connectivity index (χ3n) is 5.17. The molecule has 0 aliphatic heterocycles. The Balaban J connectivity index is 1.52. The van der Waals surface area contributed by atoms with Gasteiger partial charge in [-0.25, -0.2) is 0 Å². The van der Waals surface area contributed by atoms with E-state index in [1.54, 1.807) is 37.1 Å². The summed E-state index contributed by atoms with van der Waals surface area (Å²) in [7, 11) is 1.71. The molecular formula is C23H23N5O3. The maximum Gasteiger partial charge on any atom is 0.316 e. The fourth-order valence-electron chi connectivity index (χ4n) is 3.61. The van der Waals surface area contributed by atoms with Gasteiger partial charge in [0.15, 0.2) is 0 Å². The molecule has 158 valence electrons. The average Bonchev–Trinajstić information content (AvgIpc) is 3.21. The Kier molecular flexibility index (Phi) is 5.53. The van der Waals surface area contributed by atoms with Crippen molar-refractivity contribution in [2.45, 2.75) is 26.6 Å². The Morgan fingerprint density at radius 1 is 1.10 bits per heavy atom. The molecule has 31 heavy (non-hydrogen) atoms. The number of carbonyl (C=O) groups excluding carboxylic acids is 1. The second-order valence-corrected chi connectivity index (χ2v) is 7.39. The van der Waals surface area contributed by atoms with E-state index in [1.165, 1.54) is 4.57 Å². The predicted molar refractivity (Wildman–Crippen MR) is 118 cm³/mol. The predicted octanol–water partition coefficient (Wildman–Crippen LogP) is 2.23. The first-order chi connectivity index (χ1) is 15.0. The Morgan fingerprint density at radius 2 is 1.87 bits per heavy atom. The number of carbonyl (C=O) groups is 1. The lowest BCUT2D eigenvalue weighted by Gasteiger charge is -2.16. The largest absolute Gasteiger partial charge is 0.336 e. The molecule has 4 aromatic rings. The van der Waals surface area contributed by atoms with Crippen LogP contribution in [0.2, 0.25) is 0 Å². The van der Waals surface area contributed by atoms with Crippen molar-refractivity contribution in [3.63, 3.8) is 0 Å². The van der Waals surface area contributed by atoms with E-state index in [9.17, 15) is 14.4 Å². The number of benzene rings is 2. The molecule has 1 N–H and O–H groups in total. The fraction of sp³-hybridized carbons (Fsp3) is 0.217. The van der Waals surface area contributed by atoms with Crippen molar-refractivity contribution >= 4 is 16.9 Å². The van der Waals surface area contributed by atoms with Crippen LogP contribution >= 0.6 is 0 Å². The molecule has 0 bridgehead atoms. The highest BCUT2D eigenvalue weighted by atomic mass is 16.2. The zero-order valence-corrected chi connectivity index (χ0v) is 17.4. The van der Waals surface area contributed by atoms with Crippen LogP contribution in [0.25, 0.3) is 11.0 Å². The molecule has 0 saturated carbocycles. The Hall–Kier alpha value is -3.94. The second-order valence-electron chi connectivity index (χ2n) is 7.39. The molecule has 0 aliphatic carbocycles. The van der Waals surface area contributed by atoms with Gasteiger partial charge in [-0.2, -0.15) is 5.10 Å². The van der Waals surface area contributed by atoms with E-state index in [1.807, 2.05) is 47.3 Å². The molecule has 0 saturated heterocycles. The number of nitrogens with one attached hydrogen (secondary N) is 1. The lowest BCUT2D eigenvalue weighted by atomic mass is 10.1. The normalized spacial score (nSPS) is 11.0. The van der Waals surface area contributed by atoms with Crippen molar-refractivity contribution in [1.29, 1.82) is 0 Å². The Bertz CT molecular complexity index is 1350. The lowest BCUT2D eigenvalue weighted by Crippen LogP contribution is -2.36. The Morgan fingerprint density at radius 3 is 2.61 bits per heavy atom. The minimum absolute atomic E-state index is 0.199. The van der Waals surface area contributed by atoms with Crippen LogP contribution in [0.15, 0.2) is 70.4 Å². The number of rotatable bonds is 6. The lowest BCUT2D eigenvalue weighted by molar-refractivity contribution is 0.0783. The molecule has 0 aliphatic rings. The van der Waals surface area contributed by atoms with E-state index in [0.29, 0.717) is 36.2 Å². The quantitative estimate of drug-likeness (QED) is 0.487. The molecule has 2 aromatic heterocycles. The van der Waals surface area contributed by atoms with Gasteiger partial charge in [-0.15, -0.1) is 0 Å². The topological polar surface area (TPSA) is 93.0 Å². The van der Waals surface area contributed by atoms with Crippen LogP contribution in [0.3, 0.4) is 0 Å². The molecule has 0 unspecified atom stereocenters. The maximum atomic E-state index is 12.9. The van der Waals surface area contributed by atoms with E-state index >= 15 is 0 Å². The summed E-state index contributed by atoms with van der Waals surface area (Å²) in [6, 6.07) is 16.9. The number of nitrogens with zero attached hydrogens (tertiary/aromatic N) is 4. The van der Waals surface area contributed by atoms with E-state index in [-0.39, 0.29) is 5.91 Å². The number of H-pyrrole nitrogens is 1. The van der Waals surface area contributed by atoms with Crippen molar-refractivity contribution in [2.24, 2.45) is 0 Å². The molecule has 8 heteroatoms. The van der Waals surface area contributed by atoms with Gasteiger partial charge >= 0.3 is 11.1 Å². The molecule has 2 heterocycles. The number of aromatic amines is 1. The van der Waals surface area contributed by atoms with Gasteiger partial charge in [-0.1, -0.05) is 30.3 Å². The average molecular weight is 417 g/mol. The van der Waals surface area contributed by atoms with Crippen LogP contribution in [0.4, 0.5) is 0 Å². The van der Waals surface area contributed by atoms with Gasteiger partial charge in [0.05, 0.1) is 29.8 Å². The van der Waals surface area contributed by atoms with Gasteiger partial charge in [0.25, 0.3) is 5.91 Å². The number of aromatic nitrogens is 4. The summed E-state index contributed by atoms with van der Waals surface area (Å²) < 4.78 is 3.24. The number of amides is 1. The first-order valence-electron chi connectivity index (χ1n) is 10.0.